The average molecular weight is 218 g/mol. The zero-order chi connectivity index (χ0) is 11.1. The summed E-state index contributed by atoms with van der Waals surface area (Å²) < 4.78 is 37.6. The van der Waals surface area contributed by atoms with Gasteiger partial charge in [0.25, 0.3) is 0 Å². The first-order valence-corrected chi connectivity index (χ1v) is 3.77. The molecule has 0 fully saturated rings. The number of para-hydroxylation sites is 1. The third kappa shape index (κ3) is 1.76. The van der Waals surface area contributed by atoms with Gasteiger partial charge in [-0.2, -0.15) is 0 Å². The van der Waals surface area contributed by atoms with Crippen molar-refractivity contribution in [2.24, 2.45) is 0 Å². The molecule has 7 heteroatoms. The lowest BCUT2D eigenvalue weighted by atomic mass is 10.3. The molecule has 0 aliphatic carbocycles. The number of halogens is 2. The Morgan fingerprint density at radius 2 is 2.13 bits per heavy atom. The fraction of sp³-hybridized carbons (Fsp3) is 0.125. The van der Waals surface area contributed by atoms with Crippen LogP contribution in [-0.2, 0) is 0 Å². The van der Waals surface area contributed by atoms with Crippen LogP contribution < -0.4 is 14.2 Å². The maximum Gasteiger partial charge on any atom is 0.586 e. The van der Waals surface area contributed by atoms with Crippen molar-refractivity contribution in [2.45, 2.75) is 6.29 Å². The molecule has 1 aromatic carbocycles. The number of hydrogen-bond acceptors (Lipinski definition) is 4. The molecule has 1 aliphatic rings. The first-order chi connectivity index (χ1) is 6.98. The molecule has 1 heterocycles. The minimum Gasteiger partial charge on any atom is -0.449 e. The van der Waals surface area contributed by atoms with Crippen LogP contribution in [0.4, 0.5) is 13.6 Å². The Labute approximate surface area is 81.8 Å². The second-order valence-electron chi connectivity index (χ2n) is 2.62. The topological polar surface area (TPSA) is 65.0 Å². The summed E-state index contributed by atoms with van der Waals surface area (Å²) in [6.07, 6.45) is -5.41. The van der Waals surface area contributed by atoms with Gasteiger partial charge in [0.05, 0.1) is 0 Å². The molecule has 1 aromatic rings. The first-order valence-electron chi connectivity index (χ1n) is 3.77. The first kappa shape index (κ1) is 9.50. The van der Waals surface area contributed by atoms with Gasteiger partial charge >= 0.3 is 12.5 Å². The molecule has 0 radical (unpaired) electrons. The zero-order valence-electron chi connectivity index (χ0n) is 7.07. The summed E-state index contributed by atoms with van der Waals surface area (Å²) >= 11 is 0. The van der Waals surface area contributed by atoms with Crippen LogP contribution in [0.5, 0.6) is 17.2 Å². The van der Waals surface area contributed by atoms with Gasteiger partial charge < -0.3 is 19.3 Å². The molecule has 0 saturated carbocycles. The van der Waals surface area contributed by atoms with Gasteiger partial charge in [0.2, 0.25) is 5.75 Å². The van der Waals surface area contributed by atoms with E-state index in [4.69, 9.17) is 5.11 Å². The lowest BCUT2D eigenvalue weighted by molar-refractivity contribution is -0.287. The minimum absolute atomic E-state index is 0.265. The van der Waals surface area contributed by atoms with Crippen molar-refractivity contribution < 1.29 is 32.9 Å². The summed E-state index contributed by atoms with van der Waals surface area (Å²) in [7, 11) is 0. The maximum absolute atomic E-state index is 12.6. The van der Waals surface area contributed by atoms with Crippen LogP contribution in [0.2, 0.25) is 0 Å². The van der Waals surface area contributed by atoms with Crippen LogP contribution in [0.1, 0.15) is 0 Å². The van der Waals surface area contributed by atoms with Crippen LogP contribution in [-0.4, -0.2) is 17.6 Å². The van der Waals surface area contributed by atoms with E-state index >= 15 is 0 Å². The smallest absolute Gasteiger partial charge is 0.449 e. The fourth-order valence-electron chi connectivity index (χ4n) is 1.12. The Bertz CT molecular complexity index is 417. The van der Waals surface area contributed by atoms with Crippen LogP contribution in [0, 0.1) is 0 Å². The number of ether oxygens (including phenoxy) is 3. The van der Waals surface area contributed by atoms with Gasteiger partial charge in [-0.15, -0.1) is 8.78 Å². The molecule has 1 aliphatic heterocycles. The summed E-state index contributed by atoms with van der Waals surface area (Å²) in [5, 5.41) is 8.32. The van der Waals surface area contributed by atoms with Gasteiger partial charge in [-0.1, -0.05) is 6.07 Å². The van der Waals surface area contributed by atoms with Crippen molar-refractivity contribution in [3.05, 3.63) is 18.2 Å². The Balaban J connectivity index is 2.37. The summed E-state index contributed by atoms with van der Waals surface area (Å²) in [4.78, 5) is 10.2. The number of hydrogen-bond donors (Lipinski definition) is 1. The van der Waals surface area contributed by atoms with Gasteiger partial charge in [-0.3, -0.25) is 0 Å². The Morgan fingerprint density at radius 1 is 1.40 bits per heavy atom. The fourth-order valence-corrected chi connectivity index (χ4v) is 1.12. The molecule has 1 N–H and O–H groups in total. The number of alkyl halides is 2. The average Bonchev–Trinajstić information content (AvgIpc) is 2.39. The second kappa shape index (κ2) is 2.97. The summed E-state index contributed by atoms with van der Waals surface area (Å²) in [5.74, 6) is -1.03. The lowest BCUT2D eigenvalue weighted by Gasteiger charge is -2.05. The molecule has 0 aromatic heterocycles. The molecule has 0 saturated heterocycles. The third-order valence-corrected chi connectivity index (χ3v) is 1.59. The quantitative estimate of drug-likeness (QED) is 0.577. The van der Waals surface area contributed by atoms with E-state index in [0.717, 1.165) is 0 Å². The standard InChI is InChI=1S/C8H4F2O5/c9-8(10)14-5-3-1-2-4(6(5)15-8)13-7(11)12/h1-3H,(H,11,12). The number of fused-ring (bicyclic) bond motifs is 1. The van der Waals surface area contributed by atoms with Crippen molar-refractivity contribution >= 4 is 6.16 Å². The van der Waals surface area contributed by atoms with E-state index < -0.39 is 18.2 Å². The highest BCUT2D eigenvalue weighted by molar-refractivity contribution is 5.65. The molecule has 0 unspecified atom stereocenters. The van der Waals surface area contributed by atoms with Gasteiger partial charge in [0.1, 0.15) is 0 Å². The van der Waals surface area contributed by atoms with Gasteiger partial charge in [0, 0.05) is 0 Å². The SMILES string of the molecule is O=C(O)Oc1cccc2c1OC(F)(F)O2. The van der Waals surface area contributed by atoms with Crippen LogP contribution in [0.25, 0.3) is 0 Å². The summed E-state index contributed by atoms with van der Waals surface area (Å²) in [6, 6.07) is 3.70. The van der Waals surface area contributed by atoms with E-state index in [1.165, 1.54) is 18.2 Å². The van der Waals surface area contributed by atoms with Gasteiger partial charge in [-0.05, 0) is 12.1 Å². The van der Waals surface area contributed by atoms with Crippen molar-refractivity contribution in [2.75, 3.05) is 0 Å². The molecule has 2 rings (SSSR count). The largest absolute Gasteiger partial charge is 0.586 e. The highest BCUT2D eigenvalue weighted by atomic mass is 19.3. The lowest BCUT2D eigenvalue weighted by Crippen LogP contribution is -2.26. The van der Waals surface area contributed by atoms with Gasteiger partial charge in [0.15, 0.2) is 11.5 Å². The minimum atomic E-state index is -3.79. The molecular weight excluding hydrogens is 214 g/mol. The third-order valence-electron chi connectivity index (χ3n) is 1.59. The van der Waals surface area contributed by atoms with E-state index in [2.05, 4.69) is 14.2 Å². The monoisotopic (exact) mass is 218 g/mol. The highest BCUT2D eigenvalue weighted by Crippen LogP contribution is 2.46. The van der Waals surface area contributed by atoms with Crippen molar-refractivity contribution in [3.8, 4) is 17.2 Å². The van der Waals surface area contributed by atoms with E-state index in [1.54, 1.807) is 0 Å². The van der Waals surface area contributed by atoms with Crippen molar-refractivity contribution in [1.29, 1.82) is 0 Å². The second-order valence-corrected chi connectivity index (χ2v) is 2.62. The summed E-state index contributed by atoms with van der Waals surface area (Å²) in [6.45, 7) is 0. The van der Waals surface area contributed by atoms with Crippen molar-refractivity contribution in [1.82, 2.24) is 0 Å². The van der Waals surface area contributed by atoms with Crippen LogP contribution in [0.15, 0.2) is 18.2 Å². The molecule has 5 nitrogen and oxygen atoms in total. The van der Waals surface area contributed by atoms with E-state index in [-0.39, 0.29) is 11.5 Å². The van der Waals surface area contributed by atoms with Crippen molar-refractivity contribution in [3.63, 3.8) is 0 Å². The predicted octanol–water partition coefficient (Wildman–Crippen LogP) is 2.06. The van der Waals surface area contributed by atoms with Gasteiger partial charge in [-0.25, -0.2) is 4.79 Å². The normalized spacial score (nSPS) is 16.1. The number of benzene rings is 1. The zero-order valence-corrected chi connectivity index (χ0v) is 7.07. The predicted molar refractivity (Wildman–Crippen MR) is 41.3 cm³/mol. The van der Waals surface area contributed by atoms with Crippen LogP contribution >= 0.6 is 0 Å². The molecule has 0 atom stereocenters. The molecule has 15 heavy (non-hydrogen) atoms. The maximum atomic E-state index is 12.6. The summed E-state index contributed by atoms with van der Waals surface area (Å²) in [5.41, 5.74) is 0. The van der Waals surface area contributed by atoms with Crippen LogP contribution in [0.3, 0.4) is 0 Å². The van der Waals surface area contributed by atoms with E-state index in [9.17, 15) is 13.6 Å². The number of carbonyl (C=O) groups is 1. The molecular formula is C8H4F2O5. The Morgan fingerprint density at radius 3 is 2.80 bits per heavy atom. The Hall–Kier alpha value is -2.05. The molecule has 0 amide bonds. The number of carboxylic acid groups (broad SMARTS) is 1. The molecule has 0 bridgehead atoms. The van der Waals surface area contributed by atoms with E-state index in [1.807, 2.05) is 0 Å². The van der Waals surface area contributed by atoms with E-state index in [0.29, 0.717) is 0 Å². The Kier molecular flexibility index (Phi) is 1.88. The highest BCUT2D eigenvalue weighted by Gasteiger charge is 2.45. The molecule has 80 valence electrons. The molecule has 0 spiro atoms. The number of rotatable bonds is 1.